The molecule has 6 heteroatoms. The molecule has 1 heterocycles. The molecule has 2 rings (SSSR count). The maximum absolute atomic E-state index is 12.5. The van der Waals surface area contributed by atoms with Crippen LogP contribution in [0.25, 0.3) is 0 Å². The van der Waals surface area contributed by atoms with Gasteiger partial charge in [-0.25, -0.2) is 0 Å². The monoisotopic (exact) mass is 386 g/mol. The molecule has 28 heavy (non-hydrogen) atoms. The van der Waals surface area contributed by atoms with Crippen LogP contribution in [-0.4, -0.2) is 41.0 Å². The third-order valence-electron chi connectivity index (χ3n) is 5.18. The topological polar surface area (TPSA) is 83.6 Å². The number of carbonyl (C=O) groups is 4. The third kappa shape index (κ3) is 5.75. The predicted octanol–water partition coefficient (Wildman–Crippen LogP) is 2.50. The van der Waals surface area contributed by atoms with Crippen LogP contribution in [0.1, 0.15) is 52.5 Å². The largest absolute Gasteiger partial charge is 0.346 e. The van der Waals surface area contributed by atoms with Crippen molar-refractivity contribution in [3.63, 3.8) is 0 Å². The first kappa shape index (κ1) is 21.8. The molecule has 0 aromatic heterocycles. The highest BCUT2D eigenvalue weighted by Gasteiger charge is 2.44. The number of amides is 3. The van der Waals surface area contributed by atoms with Crippen molar-refractivity contribution < 1.29 is 19.2 Å². The van der Waals surface area contributed by atoms with Crippen LogP contribution in [0.3, 0.4) is 0 Å². The summed E-state index contributed by atoms with van der Waals surface area (Å²) in [7, 11) is 0. The van der Waals surface area contributed by atoms with Gasteiger partial charge in [-0.15, -0.1) is 0 Å². The molecule has 3 amide bonds. The summed E-state index contributed by atoms with van der Waals surface area (Å²) < 4.78 is 0. The van der Waals surface area contributed by atoms with Crippen LogP contribution in [0.2, 0.25) is 0 Å². The number of hydrogen-bond donors (Lipinski definition) is 1. The summed E-state index contributed by atoms with van der Waals surface area (Å²) in [4.78, 5) is 50.0. The summed E-state index contributed by atoms with van der Waals surface area (Å²) in [6.45, 7) is 7.56. The van der Waals surface area contributed by atoms with Gasteiger partial charge in [0, 0.05) is 19.4 Å². The smallest absolute Gasteiger partial charge is 0.233 e. The molecular formula is C22H30N2O4. The van der Waals surface area contributed by atoms with E-state index < -0.39 is 6.04 Å². The minimum atomic E-state index is -0.574. The molecule has 1 saturated heterocycles. The Morgan fingerprint density at radius 1 is 1.18 bits per heavy atom. The van der Waals surface area contributed by atoms with Crippen molar-refractivity contribution in [2.45, 2.75) is 59.4 Å². The van der Waals surface area contributed by atoms with Gasteiger partial charge in [-0.05, 0) is 30.7 Å². The molecule has 0 spiro atoms. The van der Waals surface area contributed by atoms with Crippen LogP contribution in [0, 0.1) is 11.3 Å². The van der Waals surface area contributed by atoms with Gasteiger partial charge < -0.3 is 5.32 Å². The lowest BCUT2D eigenvalue weighted by molar-refractivity contribution is -0.140. The highest BCUT2D eigenvalue weighted by molar-refractivity contribution is 6.03. The van der Waals surface area contributed by atoms with E-state index in [4.69, 9.17) is 0 Å². The molecule has 1 N–H and O–H groups in total. The van der Waals surface area contributed by atoms with Gasteiger partial charge in [-0.1, -0.05) is 51.1 Å². The minimum absolute atomic E-state index is 0.102. The zero-order chi connectivity index (χ0) is 20.9. The Labute approximate surface area is 166 Å². The summed E-state index contributed by atoms with van der Waals surface area (Å²) in [5.74, 6) is -0.973. The maximum atomic E-state index is 12.5. The molecule has 0 bridgehead atoms. The molecule has 1 aromatic rings. The molecule has 0 aliphatic carbocycles. The van der Waals surface area contributed by atoms with Crippen LogP contribution in [0.4, 0.5) is 0 Å². The Bertz CT molecular complexity index is 737. The lowest BCUT2D eigenvalue weighted by Crippen LogP contribution is -2.41. The Morgan fingerprint density at radius 2 is 1.82 bits per heavy atom. The summed E-state index contributed by atoms with van der Waals surface area (Å²) >= 11 is 0. The number of nitrogens with one attached hydrogen (secondary N) is 1. The second-order valence-electron chi connectivity index (χ2n) is 8.53. The molecule has 1 aliphatic heterocycles. The highest BCUT2D eigenvalue weighted by atomic mass is 16.2. The van der Waals surface area contributed by atoms with E-state index in [9.17, 15) is 19.2 Å². The molecule has 0 saturated carbocycles. The second-order valence-corrected chi connectivity index (χ2v) is 8.53. The van der Waals surface area contributed by atoms with Gasteiger partial charge >= 0.3 is 0 Å². The van der Waals surface area contributed by atoms with E-state index in [1.807, 2.05) is 51.1 Å². The Balaban J connectivity index is 1.84. The van der Waals surface area contributed by atoms with Crippen molar-refractivity contribution >= 4 is 23.5 Å². The Morgan fingerprint density at radius 3 is 2.36 bits per heavy atom. The minimum Gasteiger partial charge on any atom is -0.346 e. The molecule has 2 atom stereocenters. The quantitative estimate of drug-likeness (QED) is 0.696. The van der Waals surface area contributed by atoms with E-state index in [1.165, 1.54) is 11.8 Å². The van der Waals surface area contributed by atoms with Gasteiger partial charge in [0.2, 0.25) is 17.7 Å². The average molecular weight is 386 g/mol. The molecule has 6 nitrogen and oxygen atoms in total. The van der Waals surface area contributed by atoms with E-state index in [0.29, 0.717) is 12.8 Å². The number of nitrogens with zero attached hydrogens (tertiary/aromatic N) is 1. The SMILES string of the molecule is CC(=O)[C@H](Cc1ccccc1)NC(=O)CCCN1C(=O)CC(C(C)(C)C)C1=O. The number of Topliss-reactive ketones (excluding diaryl/α,β-unsaturated/α-hetero) is 1. The van der Waals surface area contributed by atoms with Crippen LogP contribution < -0.4 is 5.32 Å². The van der Waals surface area contributed by atoms with Crippen molar-refractivity contribution in [2.75, 3.05) is 6.54 Å². The lowest BCUT2D eigenvalue weighted by atomic mass is 9.80. The fourth-order valence-electron chi connectivity index (χ4n) is 3.41. The molecule has 1 aromatic carbocycles. The zero-order valence-electron chi connectivity index (χ0n) is 17.2. The van der Waals surface area contributed by atoms with Gasteiger partial charge in [0.05, 0.1) is 12.0 Å². The zero-order valence-corrected chi connectivity index (χ0v) is 17.2. The van der Waals surface area contributed by atoms with E-state index in [2.05, 4.69) is 5.32 Å². The number of likely N-dealkylation sites (tertiary alicyclic amines) is 1. The van der Waals surface area contributed by atoms with Crippen LogP contribution in [0.5, 0.6) is 0 Å². The second kappa shape index (κ2) is 9.13. The maximum Gasteiger partial charge on any atom is 0.233 e. The Hall–Kier alpha value is -2.50. The first-order valence-corrected chi connectivity index (χ1v) is 9.77. The summed E-state index contributed by atoms with van der Waals surface area (Å²) in [5, 5.41) is 2.77. The summed E-state index contributed by atoms with van der Waals surface area (Å²) in [5.41, 5.74) is 0.717. The van der Waals surface area contributed by atoms with Gasteiger partial charge in [-0.2, -0.15) is 0 Å². The number of ketones is 1. The number of imide groups is 1. The van der Waals surface area contributed by atoms with Gasteiger partial charge in [0.25, 0.3) is 0 Å². The van der Waals surface area contributed by atoms with Crippen molar-refractivity contribution in [3.8, 4) is 0 Å². The van der Waals surface area contributed by atoms with Crippen molar-refractivity contribution in [1.82, 2.24) is 10.2 Å². The number of benzene rings is 1. The molecular weight excluding hydrogens is 356 g/mol. The van der Waals surface area contributed by atoms with E-state index in [1.54, 1.807) is 0 Å². The van der Waals surface area contributed by atoms with Crippen molar-refractivity contribution in [3.05, 3.63) is 35.9 Å². The number of carbonyl (C=O) groups excluding carboxylic acids is 4. The first-order chi connectivity index (χ1) is 13.1. The summed E-state index contributed by atoms with van der Waals surface area (Å²) in [6.07, 6.45) is 1.22. The first-order valence-electron chi connectivity index (χ1n) is 9.77. The molecule has 0 radical (unpaired) electrons. The average Bonchev–Trinajstić information content (AvgIpc) is 2.90. The molecule has 152 valence electrons. The predicted molar refractivity (Wildman–Crippen MR) is 106 cm³/mol. The summed E-state index contributed by atoms with van der Waals surface area (Å²) in [6, 6.07) is 8.94. The van der Waals surface area contributed by atoms with Crippen molar-refractivity contribution in [1.29, 1.82) is 0 Å². The van der Waals surface area contributed by atoms with Gasteiger partial charge in [-0.3, -0.25) is 24.1 Å². The van der Waals surface area contributed by atoms with Crippen LogP contribution >= 0.6 is 0 Å². The van der Waals surface area contributed by atoms with Crippen LogP contribution in [-0.2, 0) is 25.6 Å². The van der Waals surface area contributed by atoms with Crippen molar-refractivity contribution in [2.24, 2.45) is 11.3 Å². The molecule has 1 fully saturated rings. The fourth-order valence-corrected chi connectivity index (χ4v) is 3.41. The van der Waals surface area contributed by atoms with Crippen LogP contribution in [0.15, 0.2) is 30.3 Å². The lowest BCUT2D eigenvalue weighted by Gasteiger charge is -2.24. The molecule has 1 aliphatic rings. The third-order valence-corrected chi connectivity index (χ3v) is 5.18. The van der Waals surface area contributed by atoms with E-state index >= 15 is 0 Å². The Kier molecular flexibility index (Phi) is 7.11. The van der Waals surface area contributed by atoms with Gasteiger partial charge in [0.1, 0.15) is 0 Å². The fraction of sp³-hybridized carbons (Fsp3) is 0.545. The van der Waals surface area contributed by atoms with E-state index in [-0.39, 0.29) is 54.2 Å². The standard InChI is InChI=1S/C22H30N2O4/c1-15(25)18(13-16-9-6-5-7-10-16)23-19(26)11-8-12-24-20(27)14-17(21(24)28)22(2,3)4/h5-7,9-10,17-18H,8,11-14H2,1-4H3,(H,23,26)/t17?,18-/m0/s1. The number of rotatable bonds is 8. The van der Waals surface area contributed by atoms with E-state index in [0.717, 1.165) is 5.56 Å². The highest BCUT2D eigenvalue weighted by Crippen LogP contribution is 2.35. The number of hydrogen-bond acceptors (Lipinski definition) is 4. The van der Waals surface area contributed by atoms with Gasteiger partial charge in [0.15, 0.2) is 5.78 Å². The molecule has 1 unspecified atom stereocenters. The normalized spacial score (nSPS) is 18.3.